The van der Waals surface area contributed by atoms with Gasteiger partial charge in [0.2, 0.25) is 0 Å². The van der Waals surface area contributed by atoms with Crippen LogP contribution in [0.4, 0.5) is 5.69 Å². The Bertz CT molecular complexity index is 1110. The van der Waals surface area contributed by atoms with Crippen LogP contribution in [0.15, 0.2) is 53.3 Å². The number of aromatic amines is 1. The molecule has 0 bridgehead atoms. The van der Waals surface area contributed by atoms with Crippen LogP contribution in [0.25, 0.3) is 12.2 Å². The number of rotatable bonds is 7. The van der Waals surface area contributed by atoms with Crippen LogP contribution in [0.3, 0.4) is 0 Å². The van der Waals surface area contributed by atoms with E-state index in [-0.39, 0.29) is 5.82 Å². The number of nitrogens with one attached hydrogen (secondary N) is 1. The molecule has 0 spiro atoms. The number of nitro groups is 1. The summed E-state index contributed by atoms with van der Waals surface area (Å²) in [4.78, 5) is 27.3. The number of hydrogen-bond acceptors (Lipinski definition) is 7. The third-order valence-corrected chi connectivity index (χ3v) is 3.94. The molecule has 148 valence electrons. The van der Waals surface area contributed by atoms with E-state index in [1.54, 1.807) is 24.3 Å². The molecule has 9 heteroatoms. The van der Waals surface area contributed by atoms with Crippen LogP contribution in [0.2, 0.25) is 0 Å². The quantitative estimate of drug-likeness (QED) is 0.464. The van der Waals surface area contributed by atoms with E-state index in [2.05, 4.69) is 9.97 Å². The van der Waals surface area contributed by atoms with Crippen molar-refractivity contribution in [3.05, 3.63) is 86.0 Å². The van der Waals surface area contributed by atoms with Crippen molar-refractivity contribution in [3.63, 3.8) is 0 Å². The molecule has 0 radical (unpaired) electrons. The van der Waals surface area contributed by atoms with Gasteiger partial charge in [0.25, 0.3) is 5.88 Å². The van der Waals surface area contributed by atoms with Gasteiger partial charge in [0.1, 0.15) is 12.4 Å². The summed E-state index contributed by atoms with van der Waals surface area (Å²) in [6, 6.07) is 14.9. The maximum absolute atomic E-state index is 11.7. The molecule has 0 aliphatic rings. The summed E-state index contributed by atoms with van der Waals surface area (Å²) in [5, 5.41) is 20.3. The third-order valence-electron chi connectivity index (χ3n) is 3.94. The molecule has 1 aromatic heterocycles. The van der Waals surface area contributed by atoms with Crippen LogP contribution >= 0.6 is 0 Å². The molecule has 0 saturated carbocycles. The number of benzene rings is 2. The fraction of sp³-hybridized carbons (Fsp3) is 0.100. The molecule has 0 fully saturated rings. The van der Waals surface area contributed by atoms with Gasteiger partial charge in [-0.3, -0.25) is 14.9 Å². The molecular formula is C20H17N3O6. The number of H-pyrrole nitrogens is 1. The zero-order valence-electron chi connectivity index (χ0n) is 15.4. The minimum Gasteiger partial charge on any atom is -0.493 e. The summed E-state index contributed by atoms with van der Waals surface area (Å²) in [5.74, 6) is 0.103. The van der Waals surface area contributed by atoms with Gasteiger partial charge in [-0.15, -0.1) is 0 Å². The molecule has 2 aromatic carbocycles. The Hall–Kier alpha value is -4.14. The Labute approximate surface area is 165 Å². The fourth-order valence-corrected chi connectivity index (χ4v) is 2.53. The number of aromatic hydroxyl groups is 1. The van der Waals surface area contributed by atoms with Gasteiger partial charge >= 0.3 is 11.2 Å². The molecule has 1 heterocycles. The monoisotopic (exact) mass is 395 g/mol. The number of methoxy groups -OCH3 is 1. The van der Waals surface area contributed by atoms with Crippen molar-refractivity contribution in [3.8, 4) is 17.4 Å². The fourth-order valence-electron chi connectivity index (χ4n) is 2.53. The maximum atomic E-state index is 11.7. The van der Waals surface area contributed by atoms with Crippen LogP contribution in [0.5, 0.6) is 17.4 Å². The summed E-state index contributed by atoms with van der Waals surface area (Å²) in [6.07, 6.45) is 3.01. The van der Waals surface area contributed by atoms with Crippen LogP contribution in [-0.4, -0.2) is 27.1 Å². The average Bonchev–Trinajstić information content (AvgIpc) is 2.71. The van der Waals surface area contributed by atoms with Crippen molar-refractivity contribution < 1.29 is 19.5 Å². The highest BCUT2D eigenvalue weighted by molar-refractivity contribution is 5.68. The molecule has 0 aliphatic heterocycles. The predicted molar refractivity (Wildman–Crippen MR) is 106 cm³/mol. The van der Waals surface area contributed by atoms with E-state index >= 15 is 0 Å². The SMILES string of the molecule is COc1cc(C=Cc2nc(O)c([N+](=O)[O-])c(=O)[nH]2)ccc1OCc1ccccc1. The Kier molecular flexibility index (Phi) is 5.88. The third kappa shape index (κ3) is 4.78. The van der Waals surface area contributed by atoms with Crippen molar-refractivity contribution in [1.82, 2.24) is 9.97 Å². The second-order valence-corrected chi connectivity index (χ2v) is 5.90. The van der Waals surface area contributed by atoms with E-state index in [0.29, 0.717) is 23.7 Å². The van der Waals surface area contributed by atoms with Gasteiger partial charge in [-0.05, 0) is 29.3 Å². The first-order chi connectivity index (χ1) is 14.0. The van der Waals surface area contributed by atoms with Gasteiger partial charge in [-0.1, -0.05) is 42.5 Å². The number of nitrogens with zero attached hydrogens (tertiary/aromatic N) is 2. The Morgan fingerprint density at radius 1 is 1.17 bits per heavy atom. The van der Waals surface area contributed by atoms with Crippen LogP contribution < -0.4 is 15.0 Å². The Balaban J connectivity index is 1.78. The zero-order valence-corrected chi connectivity index (χ0v) is 15.4. The number of ether oxygens (including phenoxy) is 2. The van der Waals surface area contributed by atoms with Gasteiger partial charge in [0.05, 0.1) is 12.0 Å². The lowest BCUT2D eigenvalue weighted by Crippen LogP contribution is -2.14. The molecule has 9 nitrogen and oxygen atoms in total. The first-order valence-corrected chi connectivity index (χ1v) is 8.48. The first-order valence-electron chi connectivity index (χ1n) is 8.48. The zero-order chi connectivity index (χ0) is 20.8. The Morgan fingerprint density at radius 3 is 2.59 bits per heavy atom. The van der Waals surface area contributed by atoms with Crippen molar-refractivity contribution in [1.29, 1.82) is 0 Å². The minimum absolute atomic E-state index is 0.0264. The molecule has 0 amide bonds. The van der Waals surface area contributed by atoms with Crippen molar-refractivity contribution in [2.75, 3.05) is 7.11 Å². The standard InChI is InChI=1S/C20H17N3O6/c1-28-16-11-13(7-9-15(16)29-12-14-5-3-2-4-6-14)8-10-17-21-19(24)18(23(26)27)20(25)22-17/h2-11H,12H2,1H3,(H2,21,22,24,25). The molecular weight excluding hydrogens is 378 g/mol. The van der Waals surface area contributed by atoms with Crippen molar-refractivity contribution >= 4 is 17.8 Å². The molecule has 3 rings (SSSR count). The Morgan fingerprint density at radius 2 is 1.93 bits per heavy atom. The molecule has 0 atom stereocenters. The second-order valence-electron chi connectivity index (χ2n) is 5.90. The lowest BCUT2D eigenvalue weighted by atomic mass is 10.2. The van der Waals surface area contributed by atoms with Crippen LogP contribution in [-0.2, 0) is 6.61 Å². The first kappa shape index (κ1) is 19.6. The highest BCUT2D eigenvalue weighted by Crippen LogP contribution is 2.29. The van der Waals surface area contributed by atoms with Gasteiger partial charge in [0.15, 0.2) is 11.5 Å². The molecule has 2 N–H and O–H groups in total. The van der Waals surface area contributed by atoms with E-state index < -0.39 is 22.0 Å². The topological polar surface area (TPSA) is 128 Å². The smallest absolute Gasteiger partial charge is 0.395 e. The van der Waals surface area contributed by atoms with Gasteiger partial charge in [-0.25, -0.2) is 0 Å². The van der Waals surface area contributed by atoms with Gasteiger partial charge < -0.3 is 19.6 Å². The highest BCUT2D eigenvalue weighted by Gasteiger charge is 2.21. The van der Waals surface area contributed by atoms with E-state index in [1.165, 1.54) is 13.2 Å². The van der Waals surface area contributed by atoms with Crippen LogP contribution in [0, 0.1) is 10.1 Å². The van der Waals surface area contributed by atoms with E-state index in [0.717, 1.165) is 5.56 Å². The lowest BCUT2D eigenvalue weighted by molar-refractivity contribution is -0.387. The van der Waals surface area contributed by atoms with E-state index in [4.69, 9.17) is 9.47 Å². The van der Waals surface area contributed by atoms with E-state index in [9.17, 15) is 20.0 Å². The molecule has 0 saturated heterocycles. The highest BCUT2D eigenvalue weighted by atomic mass is 16.6. The van der Waals surface area contributed by atoms with Gasteiger partial charge in [-0.2, -0.15) is 4.98 Å². The van der Waals surface area contributed by atoms with Gasteiger partial charge in [0, 0.05) is 0 Å². The van der Waals surface area contributed by atoms with E-state index in [1.807, 2.05) is 30.3 Å². The van der Waals surface area contributed by atoms with Crippen LogP contribution in [0.1, 0.15) is 17.0 Å². The molecule has 0 unspecified atom stereocenters. The maximum Gasteiger partial charge on any atom is 0.395 e. The predicted octanol–water partition coefficient (Wildman–Crippen LogP) is 3.14. The molecule has 29 heavy (non-hydrogen) atoms. The van der Waals surface area contributed by atoms with Crippen molar-refractivity contribution in [2.24, 2.45) is 0 Å². The minimum atomic E-state index is -1.04. The normalized spacial score (nSPS) is 10.8. The summed E-state index contributed by atoms with van der Waals surface area (Å²) in [5.41, 5.74) is -0.311. The lowest BCUT2D eigenvalue weighted by Gasteiger charge is -2.11. The summed E-state index contributed by atoms with van der Waals surface area (Å²) in [7, 11) is 1.52. The average molecular weight is 395 g/mol. The second kappa shape index (κ2) is 8.70. The summed E-state index contributed by atoms with van der Waals surface area (Å²) < 4.78 is 11.2. The molecule has 3 aromatic rings. The van der Waals surface area contributed by atoms with Crippen molar-refractivity contribution in [2.45, 2.75) is 6.61 Å². The largest absolute Gasteiger partial charge is 0.493 e. The number of aromatic nitrogens is 2. The summed E-state index contributed by atoms with van der Waals surface area (Å²) >= 11 is 0. The number of hydrogen-bond donors (Lipinski definition) is 2. The summed E-state index contributed by atoms with van der Waals surface area (Å²) in [6.45, 7) is 0.389. The molecule has 0 aliphatic carbocycles.